The van der Waals surface area contributed by atoms with Crippen molar-refractivity contribution >= 4 is 40.9 Å². The lowest BCUT2D eigenvalue weighted by atomic mass is 9.97. The number of carbonyl (C=O) groups excluding carboxylic acids is 2. The number of rotatable bonds is 7. The van der Waals surface area contributed by atoms with Crippen molar-refractivity contribution in [3.8, 4) is 0 Å². The van der Waals surface area contributed by atoms with E-state index >= 15 is 0 Å². The van der Waals surface area contributed by atoms with Crippen molar-refractivity contribution in [3.05, 3.63) is 54.1 Å². The number of alkyl halides is 3. The van der Waals surface area contributed by atoms with Crippen LogP contribution in [0.5, 0.6) is 0 Å². The van der Waals surface area contributed by atoms with Gasteiger partial charge >= 0.3 is 5.51 Å². The number of amides is 2. The fourth-order valence-electron chi connectivity index (χ4n) is 4.13. The van der Waals surface area contributed by atoms with Gasteiger partial charge in [0, 0.05) is 42.3 Å². The zero-order valence-corrected chi connectivity index (χ0v) is 20.8. The normalized spacial score (nSPS) is 17.9. The van der Waals surface area contributed by atoms with Crippen molar-refractivity contribution in [3.63, 3.8) is 0 Å². The number of piperidine rings is 1. The first-order chi connectivity index (χ1) is 17.5. The number of primary amides is 1. The number of aryl methyl sites for hydroxylation is 1. The van der Waals surface area contributed by atoms with Crippen molar-refractivity contribution < 1.29 is 22.8 Å². The maximum atomic E-state index is 12.8. The fourth-order valence-corrected chi connectivity index (χ4v) is 4.67. The van der Waals surface area contributed by atoms with Gasteiger partial charge in [-0.15, -0.1) is 0 Å². The second-order valence-electron chi connectivity index (χ2n) is 8.55. The number of carbonyl (C=O) groups is 2. The molecule has 4 rings (SSSR count). The molecule has 0 unspecified atom stereocenters. The summed E-state index contributed by atoms with van der Waals surface area (Å²) in [6.45, 7) is 2.58. The lowest BCUT2D eigenvalue weighted by Crippen LogP contribution is -2.54. The molecule has 196 valence electrons. The number of aromatic nitrogens is 4. The van der Waals surface area contributed by atoms with E-state index in [2.05, 4.69) is 25.7 Å². The second kappa shape index (κ2) is 10.7. The molecule has 0 bridgehead atoms. The highest BCUT2D eigenvalue weighted by Gasteiger charge is 2.32. The lowest BCUT2D eigenvalue weighted by molar-refractivity contribution is -0.0328. The molecule has 2 amide bonds. The summed E-state index contributed by atoms with van der Waals surface area (Å²) in [6.07, 6.45) is 6.21. The predicted octanol–water partition coefficient (Wildman–Crippen LogP) is 3.45. The molecule has 1 saturated heterocycles. The molecule has 0 aliphatic carbocycles. The van der Waals surface area contributed by atoms with Gasteiger partial charge in [0.2, 0.25) is 0 Å². The monoisotopic (exact) mass is 534 g/mol. The third kappa shape index (κ3) is 6.50. The van der Waals surface area contributed by atoms with E-state index in [0.29, 0.717) is 24.5 Å². The Balaban J connectivity index is 1.49. The summed E-state index contributed by atoms with van der Waals surface area (Å²) in [5, 5.41) is 10.1. The van der Waals surface area contributed by atoms with Crippen LogP contribution in [-0.4, -0.2) is 55.7 Å². The SMILES string of the molecule is C[C@@H]1[C@H](NC(=O)c2ccc(SC(F)(F)F)cc2)CCCN1c1cnc(C(N)=O)c(Nc2cnn(C)c2)n1. The average molecular weight is 535 g/mol. The molecule has 2 atom stereocenters. The highest BCUT2D eigenvalue weighted by atomic mass is 32.2. The van der Waals surface area contributed by atoms with Gasteiger partial charge in [0.1, 0.15) is 5.82 Å². The van der Waals surface area contributed by atoms with E-state index in [9.17, 15) is 22.8 Å². The first-order valence-electron chi connectivity index (χ1n) is 11.4. The molecule has 3 aromatic rings. The summed E-state index contributed by atoms with van der Waals surface area (Å²) in [5.41, 5.74) is 1.94. The zero-order valence-electron chi connectivity index (χ0n) is 20.0. The number of hydrogen-bond acceptors (Lipinski definition) is 8. The highest BCUT2D eigenvalue weighted by molar-refractivity contribution is 8.00. The molecule has 0 spiro atoms. The number of anilines is 3. The molecular weight excluding hydrogens is 509 g/mol. The minimum absolute atomic E-state index is 0.00920. The van der Waals surface area contributed by atoms with Crippen molar-refractivity contribution in [2.75, 3.05) is 16.8 Å². The number of thioether (sulfide) groups is 1. The molecule has 14 heteroatoms. The minimum Gasteiger partial charge on any atom is -0.364 e. The Hall–Kier alpha value is -3.81. The minimum atomic E-state index is -4.39. The maximum absolute atomic E-state index is 12.8. The molecule has 4 N–H and O–H groups in total. The Bertz CT molecular complexity index is 1280. The third-order valence-corrected chi connectivity index (χ3v) is 6.65. The molecule has 0 saturated carbocycles. The molecular formula is C23H25F3N8O2S. The van der Waals surface area contributed by atoms with E-state index in [0.717, 1.165) is 6.42 Å². The largest absolute Gasteiger partial charge is 0.446 e. The standard InChI is InChI=1S/C23H25F3N8O2S/c1-13-17(31-22(36)14-5-7-16(8-6-14)37-23(24,25)26)4-3-9-34(13)18-11-28-19(20(27)35)21(32-18)30-15-10-29-33(2)12-15/h5-8,10-13,17H,3-4,9H2,1-2H3,(H2,27,35)(H,30,32)(H,31,36)/t13-,17-/m1/s1. The smallest absolute Gasteiger partial charge is 0.364 e. The third-order valence-electron chi connectivity index (χ3n) is 5.91. The molecule has 1 fully saturated rings. The number of hydrogen-bond donors (Lipinski definition) is 3. The molecule has 37 heavy (non-hydrogen) atoms. The van der Waals surface area contributed by atoms with Gasteiger partial charge in [0.25, 0.3) is 11.8 Å². The summed E-state index contributed by atoms with van der Waals surface area (Å²) < 4.78 is 39.3. The van der Waals surface area contributed by atoms with Gasteiger partial charge in [-0.25, -0.2) is 9.97 Å². The summed E-state index contributed by atoms with van der Waals surface area (Å²) in [4.78, 5) is 35.5. The van der Waals surface area contributed by atoms with Crippen molar-refractivity contribution in [2.45, 2.75) is 42.3 Å². The quantitative estimate of drug-likeness (QED) is 0.393. The summed E-state index contributed by atoms with van der Waals surface area (Å²) >= 11 is -0.229. The number of halogens is 3. The Morgan fingerprint density at radius 1 is 1.19 bits per heavy atom. The van der Waals surface area contributed by atoms with E-state index < -0.39 is 11.4 Å². The number of benzene rings is 1. The van der Waals surface area contributed by atoms with Crippen LogP contribution in [0.2, 0.25) is 0 Å². The Morgan fingerprint density at radius 2 is 1.92 bits per heavy atom. The summed E-state index contributed by atoms with van der Waals surface area (Å²) in [5.74, 6) is -0.428. The first kappa shape index (κ1) is 26.3. The molecule has 1 aromatic carbocycles. The van der Waals surface area contributed by atoms with Crippen LogP contribution in [0.3, 0.4) is 0 Å². The van der Waals surface area contributed by atoms with Crippen LogP contribution >= 0.6 is 11.8 Å². The van der Waals surface area contributed by atoms with Gasteiger partial charge in [-0.2, -0.15) is 18.3 Å². The number of nitrogens with zero attached hydrogens (tertiary/aromatic N) is 5. The molecule has 2 aromatic heterocycles. The Morgan fingerprint density at radius 3 is 2.54 bits per heavy atom. The van der Waals surface area contributed by atoms with Crippen LogP contribution in [0.25, 0.3) is 0 Å². The van der Waals surface area contributed by atoms with E-state index in [1.165, 1.54) is 30.5 Å². The maximum Gasteiger partial charge on any atom is 0.446 e. The van der Waals surface area contributed by atoms with Crippen LogP contribution in [-0.2, 0) is 7.05 Å². The van der Waals surface area contributed by atoms with E-state index in [1.54, 1.807) is 24.1 Å². The molecule has 10 nitrogen and oxygen atoms in total. The van der Waals surface area contributed by atoms with Crippen molar-refractivity contribution in [1.29, 1.82) is 0 Å². The fraction of sp³-hybridized carbons (Fsp3) is 0.348. The van der Waals surface area contributed by atoms with E-state index in [4.69, 9.17) is 5.73 Å². The molecule has 0 radical (unpaired) electrons. The van der Waals surface area contributed by atoms with Gasteiger partial charge in [-0.05, 0) is 55.8 Å². The van der Waals surface area contributed by atoms with Crippen LogP contribution in [0.15, 0.2) is 47.8 Å². The van der Waals surface area contributed by atoms with E-state index in [-0.39, 0.29) is 51.7 Å². The first-order valence-corrected chi connectivity index (χ1v) is 12.2. The molecule has 1 aliphatic rings. The molecule has 1 aliphatic heterocycles. The van der Waals surface area contributed by atoms with Crippen LogP contribution in [0, 0.1) is 0 Å². The van der Waals surface area contributed by atoms with Crippen LogP contribution in [0.1, 0.15) is 40.6 Å². The number of nitrogens with two attached hydrogens (primary N) is 1. The van der Waals surface area contributed by atoms with Gasteiger partial charge in [0.15, 0.2) is 11.5 Å². The second-order valence-corrected chi connectivity index (χ2v) is 9.68. The average Bonchev–Trinajstić information content (AvgIpc) is 3.24. The van der Waals surface area contributed by atoms with Crippen LogP contribution in [0.4, 0.5) is 30.5 Å². The van der Waals surface area contributed by atoms with Crippen molar-refractivity contribution in [1.82, 2.24) is 25.1 Å². The predicted molar refractivity (Wildman–Crippen MR) is 133 cm³/mol. The Labute approximate surface area is 214 Å². The number of nitrogens with one attached hydrogen (secondary N) is 2. The van der Waals surface area contributed by atoms with Crippen LogP contribution < -0.4 is 21.3 Å². The zero-order chi connectivity index (χ0) is 26.7. The topological polar surface area (TPSA) is 131 Å². The molecule has 3 heterocycles. The summed E-state index contributed by atoms with van der Waals surface area (Å²) in [6, 6.07) is 4.86. The van der Waals surface area contributed by atoms with Crippen molar-refractivity contribution in [2.24, 2.45) is 12.8 Å². The van der Waals surface area contributed by atoms with Gasteiger partial charge in [-0.3, -0.25) is 14.3 Å². The van der Waals surface area contributed by atoms with Gasteiger partial charge in [0.05, 0.1) is 18.1 Å². The highest BCUT2D eigenvalue weighted by Crippen LogP contribution is 2.36. The Kier molecular flexibility index (Phi) is 7.57. The summed E-state index contributed by atoms with van der Waals surface area (Å²) in [7, 11) is 1.75. The van der Waals surface area contributed by atoms with Gasteiger partial charge in [-0.1, -0.05) is 0 Å². The lowest BCUT2D eigenvalue weighted by Gasteiger charge is -2.40. The van der Waals surface area contributed by atoms with Gasteiger partial charge < -0.3 is 21.3 Å². The van der Waals surface area contributed by atoms with E-state index in [1.807, 2.05) is 11.8 Å².